The van der Waals surface area contributed by atoms with E-state index >= 15 is 0 Å². The van der Waals surface area contributed by atoms with Crippen molar-refractivity contribution >= 4 is 23.7 Å². The standard InChI is InChI=1S/2C4H6N2O3.Zn/c2*5-2-1-9-3(6-2)4(7)8;/h2*2H,1,5H2,(H,7,8);. The maximum Gasteiger partial charge on any atom is 0.391 e. The Morgan fingerprint density at radius 3 is 1.42 bits per heavy atom. The molecular formula is C8H12N4O6Zn. The van der Waals surface area contributed by atoms with E-state index in [9.17, 15) is 9.59 Å². The van der Waals surface area contributed by atoms with Gasteiger partial charge in [0, 0.05) is 19.5 Å². The second kappa shape index (κ2) is 7.77. The molecule has 0 spiro atoms. The van der Waals surface area contributed by atoms with Crippen molar-refractivity contribution in [3.63, 3.8) is 0 Å². The van der Waals surface area contributed by atoms with Gasteiger partial charge in [-0.1, -0.05) is 0 Å². The third-order valence-electron chi connectivity index (χ3n) is 1.71. The monoisotopic (exact) mass is 324 g/mol. The predicted octanol–water partition coefficient (Wildman–Crippen LogP) is -2.43. The Kier molecular flexibility index (Phi) is 7.13. The summed E-state index contributed by atoms with van der Waals surface area (Å²) in [6.45, 7) is 0.337. The number of carbonyl (C=O) groups is 2. The zero-order valence-electron chi connectivity index (χ0n) is 9.85. The molecule has 10 nitrogen and oxygen atoms in total. The van der Waals surface area contributed by atoms with Crippen molar-refractivity contribution in [2.24, 2.45) is 21.5 Å². The minimum Gasteiger partial charge on any atom is -0.474 e. The van der Waals surface area contributed by atoms with Crippen molar-refractivity contribution in [3.05, 3.63) is 0 Å². The average molecular weight is 326 g/mol. The van der Waals surface area contributed by atoms with Crippen LogP contribution in [0.3, 0.4) is 0 Å². The third kappa shape index (κ3) is 5.73. The number of aliphatic carboxylic acids is 2. The molecule has 2 atom stereocenters. The Morgan fingerprint density at radius 2 is 1.32 bits per heavy atom. The molecule has 6 N–H and O–H groups in total. The Morgan fingerprint density at radius 1 is 1.00 bits per heavy atom. The maximum absolute atomic E-state index is 10.0. The van der Waals surface area contributed by atoms with Crippen LogP contribution in [-0.2, 0) is 38.5 Å². The van der Waals surface area contributed by atoms with Crippen LogP contribution in [0.2, 0.25) is 0 Å². The van der Waals surface area contributed by atoms with Crippen LogP contribution in [0.25, 0.3) is 0 Å². The van der Waals surface area contributed by atoms with E-state index in [1.165, 1.54) is 0 Å². The number of nitrogens with zero attached hydrogens (tertiary/aromatic N) is 2. The second-order valence-corrected chi connectivity index (χ2v) is 3.24. The first-order chi connectivity index (χ1) is 8.40. The van der Waals surface area contributed by atoms with E-state index in [1.54, 1.807) is 0 Å². The smallest absolute Gasteiger partial charge is 0.391 e. The Balaban J connectivity index is 0.000000324. The summed E-state index contributed by atoms with van der Waals surface area (Å²) >= 11 is 0. The van der Waals surface area contributed by atoms with Gasteiger partial charge in [0.1, 0.15) is 25.5 Å². The Labute approximate surface area is 120 Å². The molecule has 0 saturated carbocycles. The summed E-state index contributed by atoms with van der Waals surface area (Å²) in [6, 6.07) is 0. The summed E-state index contributed by atoms with van der Waals surface area (Å²) in [4.78, 5) is 27.0. The summed E-state index contributed by atoms with van der Waals surface area (Å²) in [5, 5.41) is 16.4. The summed E-state index contributed by atoms with van der Waals surface area (Å²) in [6.07, 6.45) is -1.01. The van der Waals surface area contributed by atoms with Gasteiger partial charge < -0.3 is 31.2 Å². The molecule has 2 unspecified atom stereocenters. The van der Waals surface area contributed by atoms with Crippen LogP contribution in [0.1, 0.15) is 0 Å². The zero-order chi connectivity index (χ0) is 13.7. The fraction of sp³-hybridized carbons (Fsp3) is 0.500. The van der Waals surface area contributed by atoms with Crippen LogP contribution in [-0.4, -0.2) is 59.5 Å². The molecule has 0 saturated heterocycles. The first kappa shape index (κ1) is 17.4. The van der Waals surface area contributed by atoms with Gasteiger partial charge in [0.25, 0.3) is 11.8 Å². The number of hydrogen-bond acceptors (Lipinski definition) is 8. The van der Waals surface area contributed by atoms with Crippen LogP contribution in [0.15, 0.2) is 9.98 Å². The molecule has 0 radical (unpaired) electrons. The van der Waals surface area contributed by atoms with Crippen LogP contribution in [0, 0.1) is 0 Å². The minimum absolute atomic E-state index is 0. The number of aliphatic imine (C=N–C) groups is 2. The summed E-state index contributed by atoms with van der Waals surface area (Å²) < 4.78 is 9.10. The molecule has 0 fully saturated rings. The van der Waals surface area contributed by atoms with E-state index in [0.29, 0.717) is 0 Å². The van der Waals surface area contributed by atoms with Gasteiger partial charge in [-0.05, 0) is 0 Å². The normalized spacial score (nSPS) is 23.7. The quantitative estimate of drug-likeness (QED) is 0.406. The first-order valence-electron chi connectivity index (χ1n) is 4.79. The molecule has 19 heavy (non-hydrogen) atoms. The van der Waals surface area contributed by atoms with E-state index in [1.807, 2.05) is 0 Å². The summed E-state index contributed by atoms with van der Waals surface area (Å²) in [5.41, 5.74) is 10.4. The number of hydrogen-bond donors (Lipinski definition) is 4. The van der Waals surface area contributed by atoms with Crippen LogP contribution in [0.4, 0.5) is 0 Å². The minimum atomic E-state index is -1.16. The molecule has 0 amide bonds. The van der Waals surface area contributed by atoms with Crippen molar-refractivity contribution in [1.29, 1.82) is 0 Å². The van der Waals surface area contributed by atoms with Crippen molar-refractivity contribution in [1.82, 2.24) is 0 Å². The molecule has 2 aliphatic heterocycles. The Bertz CT molecular complexity index is 374. The zero-order valence-corrected chi connectivity index (χ0v) is 12.8. The van der Waals surface area contributed by atoms with Crippen LogP contribution >= 0.6 is 0 Å². The van der Waals surface area contributed by atoms with Gasteiger partial charge in [-0.25, -0.2) is 19.6 Å². The predicted molar refractivity (Wildman–Crippen MR) is 58.0 cm³/mol. The van der Waals surface area contributed by atoms with Gasteiger partial charge in [0.2, 0.25) is 0 Å². The van der Waals surface area contributed by atoms with Crippen molar-refractivity contribution in [2.75, 3.05) is 13.2 Å². The largest absolute Gasteiger partial charge is 0.474 e. The molecule has 0 aromatic rings. The molecule has 2 rings (SSSR count). The number of carboxylic acid groups (broad SMARTS) is 2. The van der Waals surface area contributed by atoms with E-state index in [4.69, 9.17) is 21.7 Å². The molecule has 0 aromatic heterocycles. The maximum atomic E-state index is 10.0. The van der Waals surface area contributed by atoms with Gasteiger partial charge in [-0.2, -0.15) is 0 Å². The van der Waals surface area contributed by atoms with Gasteiger partial charge in [0.05, 0.1) is 0 Å². The van der Waals surface area contributed by atoms with E-state index < -0.39 is 24.3 Å². The van der Waals surface area contributed by atoms with Gasteiger partial charge >= 0.3 is 11.9 Å². The fourth-order valence-corrected chi connectivity index (χ4v) is 1.01. The average Bonchev–Trinajstić information content (AvgIpc) is 2.88. The molecule has 11 heteroatoms. The molecule has 2 heterocycles. The second-order valence-electron chi connectivity index (χ2n) is 3.24. The fourth-order valence-electron chi connectivity index (χ4n) is 1.01. The molecular weight excluding hydrogens is 313 g/mol. The van der Waals surface area contributed by atoms with Crippen LogP contribution in [0.5, 0.6) is 0 Å². The molecule has 2 aliphatic rings. The van der Waals surface area contributed by atoms with E-state index in [2.05, 4.69) is 19.5 Å². The van der Waals surface area contributed by atoms with Gasteiger partial charge in [-0.3, -0.25) is 0 Å². The first-order valence-corrected chi connectivity index (χ1v) is 4.79. The van der Waals surface area contributed by atoms with Crippen molar-refractivity contribution < 1.29 is 48.8 Å². The summed E-state index contributed by atoms with van der Waals surface area (Å²) in [7, 11) is 0. The summed E-state index contributed by atoms with van der Waals surface area (Å²) in [5.74, 6) is -2.91. The van der Waals surface area contributed by atoms with Gasteiger partial charge in [-0.15, -0.1) is 0 Å². The number of carboxylic acids is 2. The number of ether oxygens (including phenoxy) is 2. The molecule has 0 aromatic carbocycles. The van der Waals surface area contributed by atoms with Crippen molar-refractivity contribution in [2.45, 2.75) is 12.3 Å². The number of nitrogens with two attached hydrogens (primary N) is 2. The molecule has 0 bridgehead atoms. The van der Waals surface area contributed by atoms with Crippen LogP contribution < -0.4 is 11.5 Å². The van der Waals surface area contributed by atoms with E-state index in [-0.39, 0.29) is 44.5 Å². The topological polar surface area (TPSA) is 170 Å². The van der Waals surface area contributed by atoms with E-state index in [0.717, 1.165) is 0 Å². The van der Waals surface area contributed by atoms with Crippen molar-refractivity contribution in [3.8, 4) is 0 Å². The molecule has 0 aliphatic carbocycles. The SMILES string of the molecule is NC1COC(C(=O)O)=N1.NC1COC(C(=O)O)=N1.[Zn]. The third-order valence-corrected chi connectivity index (χ3v) is 1.71. The number of rotatable bonds is 2. The molecule has 102 valence electrons. The Hall–Kier alpha value is -1.58. The van der Waals surface area contributed by atoms with Gasteiger partial charge in [0.15, 0.2) is 0 Å².